The molecule has 1 heterocycles. The van der Waals surface area contributed by atoms with Crippen molar-refractivity contribution in [2.24, 2.45) is 0 Å². The molecule has 1 aromatic heterocycles. The summed E-state index contributed by atoms with van der Waals surface area (Å²) in [6, 6.07) is 0. The highest BCUT2D eigenvalue weighted by Crippen LogP contribution is 2.16. The molecular formula is C4H6N2S2. The minimum atomic E-state index is 0.616. The van der Waals surface area contributed by atoms with Gasteiger partial charge in [-0.2, -0.15) is 12.6 Å². The summed E-state index contributed by atoms with van der Waals surface area (Å²) in [4.78, 5) is 4.88. The summed E-state index contributed by atoms with van der Waals surface area (Å²) in [6.45, 7) is 0. The molecule has 0 atom stereocenters. The second-order valence-electron chi connectivity index (χ2n) is 1.32. The van der Waals surface area contributed by atoms with Gasteiger partial charge in [0.2, 0.25) is 0 Å². The number of aromatic nitrogens is 1. The van der Waals surface area contributed by atoms with Crippen LogP contribution in [-0.4, -0.2) is 4.98 Å². The number of hydrogen-bond acceptors (Lipinski definition) is 4. The van der Waals surface area contributed by atoms with Gasteiger partial charge in [0.15, 0.2) is 0 Å². The minimum absolute atomic E-state index is 0.616. The van der Waals surface area contributed by atoms with Crippen molar-refractivity contribution in [1.82, 2.24) is 4.98 Å². The predicted octanol–water partition coefficient (Wildman–Crippen LogP) is 1.16. The van der Waals surface area contributed by atoms with Crippen molar-refractivity contribution < 1.29 is 0 Å². The Morgan fingerprint density at radius 2 is 2.62 bits per heavy atom. The Morgan fingerprint density at radius 1 is 1.88 bits per heavy atom. The Bertz CT molecular complexity index is 172. The molecule has 0 amide bonds. The van der Waals surface area contributed by atoms with Crippen LogP contribution in [0.3, 0.4) is 0 Å². The van der Waals surface area contributed by atoms with Crippen molar-refractivity contribution in [3.05, 3.63) is 10.4 Å². The predicted molar refractivity (Wildman–Crippen MR) is 39.2 cm³/mol. The normalized spacial score (nSPS) is 9.62. The highest BCUT2D eigenvalue weighted by molar-refractivity contribution is 7.79. The molecule has 44 valence electrons. The zero-order valence-electron chi connectivity index (χ0n) is 4.16. The molecule has 0 aromatic carbocycles. The van der Waals surface area contributed by atoms with Crippen molar-refractivity contribution in [1.29, 1.82) is 0 Å². The van der Waals surface area contributed by atoms with Gasteiger partial charge >= 0.3 is 0 Å². The van der Waals surface area contributed by atoms with Crippen LogP contribution in [0.25, 0.3) is 0 Å². The van der Waals surface area contributed by atoms with E-state index < -0.39 is 0 Å². The number of nitrogens with zero attached hydrogens (tertiary/aromatic N) is 1. The van der Waals surface area contributed by atoms with Crippen molar-refractivity contribution >= 4 is 29.8 Å². The molecular weight excluding hydrogens is 140 g/mol. The number of thiol groups is 1. The second kappa shape index (κ2) is 2.37. The number of anilines is 1. The van der Waals surface area contributed by atoms with Crippen molar-refractivity contribution in [2.45, 2.75) is 5.75 Å². The molecule has 0 saturated carbocycles. The lowest BCUT2D eigenvalue weighted by atomic mass is 10.6. The van der Waals surface area contributed by atoms with Crippen molar-refractivity contribution in [2.75, 3.05) is 5.73 Å². The molecule has 0 aliphatic carbocycles. The van der Waals surface area contributed by atoms with E-state index in [0.29, 0.717) is 11.6 Å². The average Bonchev–Trinajstić information content (AvgIpc) is 2.14. The summed E-state index contributed by atoms with van der Waals surface area (Å²) in [7, 11) is 0. The lowest BCUT2D eigenvalue weighted by Crippen LogP contribution is -1.86. The van der Waals surface area contributed by atoms with E-state index in [4.69, 9.17) is 5.73 Å². The van der Waals surface area contributed by atoms with Gasteiger partial charge in [0.1, 0.15) is 5.82 Å². The van der Waals surface area contributed by atoms with Crippen LogP contribution >= 0.6 is 24.0 Å². The summed E-state index contributed by atoms with van der Waals surface area (Å²) >= 11 is 5.57. The standard InChI is InChI=1S/C4H6N2S2/c5-4-3(1-7)8-2-6-4/h2,7H,1,5H2. The van der Waals surface area contributed by atoms with Crippen LogP contribution < -0.4 is 5.73 Å². The smallest absolute Gasteiger partial charge is 0.138 e. The molecule has 4 heteroatoms. The quantitative estimate of drug-likeness (QED) is 0.583. The molecule has 0 bridgehead atoms. The van der Waals surface area contributed by atoms with Gasteiger partial charge < -0.3 is 5.73 Å². The molecule has 2 N–H and O–H groups in total. The maximum Gasteiger partial charge on any atom is 0.138 e. The topological polar surface area (TPSA) is 38.9 Å². The highest BCUT2D eigenvalue weighted by Gasteiger charge is 1.95. The third kappa shape index (κ3) is 0.952. The monoisotopic (exact) mass is 146 g/mol. The molecule has 0 spiro atoms. The molecule has 0 fully saturated rings. The van der Waals surface area contributed by atoms with Gasteiger partial charge in [-0.05, 0) is 0 Å². The van der Waals surface area contributed by atoms with E-state index in [2.05, 4.69) is 17.6 Å². The largest absolute Gasteiger partial charge is 0.383 e. The molecule has 0 radical (unpaired) electrons. The fraction of sp³-hybridized carbons (Fsp3) is 0.250. The summed E-state index contributed by atoms with van der Waals surface area (Å²) in [6.07, 6.45) is 0. The van der Waals surface area contributed by atoms with Gasteiger partial charge in [0.05, 0.1) is 10.4 Å². The third-order valence-corrected chi connectivity index (χ3v) is 2.20. The van der Waals surface area contributed by atoms with E-state index in [0.717, 1.165) is 4.88 Å². The molecule has 1 aromatic rings. The molecule has 1 rings (SSSR count). The first kappa shape index (κ1) is 5.91. The number of nitrogen functional groups attached to an aromatic ring is 1. The fourth-order valence-electron chi connectivity index (χ4n) is 0.397. The first-order valence-corrected chi connectivity index (χ1v) is 3.64. The zero-order valence-corrected chi connectivity index (χ0v) is 5.88. The van der Waals surface area contributed by atoms with E-state index >= 15 is 0 Å². The third-order valence-electron chi connectivity index (χ3n) is 0.816. The summed E-state index contributed by atoms with van der Waals surface area (Å²) in [5.74, 6) is 1.31. The first-order chi connectivity index (χ1) is 3.84. The molecule has 0 aliphatic heterocycles. The van der Waals surface area contributed by atoms with Crippen LogP contribution in [0.4, 0.5) is 5.82 Å². The van der Waals surface area contributed by atoms with Crippen molar-refractivity contribution in [3.8, 4) is 0 Å². The van der Waals surface area contributed by atoms with Crippen LogP contribution in [-0.2, 0) is 5.75 Å². The summed E-state index contributed by atoms with van der Waals surface area (Å²) in [5, 5.41) is 0. The zero-order chi connectivity index (χ0) is 5.98. The number of hydrogen-bond donors (Lipinski definition) is 2. The van der Waals surface area contributed by atoms with Crippen LogP contribution in [0.15, 0.2) is 5.51 Å². The Kier molecular flexibility index (Phi) is 1.75. The maximum atomic E-state index is 5.40. The SMILES string of the molecule is Nc1ncsc1CS. The Labute approximate surface area is 57.2 Å². The van der Waals surface area contributed by atoms with Crippen molar-refractivity contribution in [3.63, 3.8) is 0 Å². The van der Waals surface area contributed by atoms with E-state index in [1.54, 1.807) is 5.51 Å². The van der Waals surface area contributed by atoms with E-state index in [-0.39, 0.29) is 0 Å². The molecule has 8 heavy (non-hydrogen) atoms. The Hall–Kier alpha value is -0.220. The molecule has 0 saturated heterocycles. The van der Waals surface area contributed by atoms with Crippen LogP contribution in [0.5, 0.6) is 0 Å². The van der Waals surface area contributed by atoms with Gasteiger partial charge in [-0.3, -0.25) is 0 Å². The Morgan fingerprint density at radius 3 is 2.88 bits per heavy atom. The summed E-state index contributed by atoms with van der Waals surface area (Å²) in [5.41, 5.74) is 7.12. The number of thiazole rings is 1. The van der Waals surface area contributed by atoms with Gasteiger partial charge in [-0.25, -0.2) is 4.98 Å². The lowest BCUT2D eigenvalue weighted by molar-refractivity contribution is 1.38. The van der Waals surface area contributed by atoms with Crippen LogP contribution in [0.2, 0.25) is 0 Å². The second-order valence-corrected chi connectivity index (χ2v) is 2.57. The highest BCUT2D eigenvalue weighted by atomic mass is 32.1. The van der Waals surface area contributed by atoms with Crippen LogP contribution in [0.1, 0.15) is 4.88 Å². The Balaban J connectivity index is 2.92. The lowest BCUT2D eigenvalue weighted by Gasteiger charge is -1.85. The fourth-order valence-corrected chi connectivity index (χ4v) is 1.32. The molecule has 0 unspecified atom stereocenters. The van der Waals surface area contributed by atoms with Gasteiger partial charge in [-0.15, -0.1) is 11.3 Å². The average molecular weight is 146 g/mol. The summed E-state index contributed by atoms with van der Waals surface area (Å²) < 4.78 is 0. The van der Waals surface area contributed by atoms with Gasteiger partial charge in [-0.1, -0.05) is 0 Å². The van der Waals surface area contributed by atoms with Crippen LogP contribution in [0, 0.1) is 0 Å². The van der Waals surface area contributed by atoms with E-state index in [9.17, 15) is 0 Å². The first-order valence-electron chi connectivity index (χ1n) is 2.13. The number of rotatable bonds is 1. The maximum absolute atomic E-state index is 5.40. The van der Waals surface area contributed by atoms with Gasteiger partial charge in [0.25, 0.3) is 0 Å². The number of nitrogens with two attached hydrogens (primary N) is 1. The van der Waals surface area contributed by atoms with E-state index in [1.165, 1.54) is 11.3 Å². The van der Waals surface area contributed by atoms with Gasteiger partial charge in [0, 0.05) is 5.75 Å². The molecule has 2 nitrogen and oxygen atoms in total. The molecule has 0 aliphatic rings. The minimum Gasteiger partial charge on any atom is -0.383 e. The van der Waals surface area contributed by atoms with E-state index in [1.807, 2.05) is 0 Å².